The van der Waals surface area contributed by atoms with E-state index in [-0.39, 0.29) is 6.61 Å². The third-order valence-corrected chi connectivity index (χ3v) is 3.89. The van der Waals surface area contributed by atoms with E-state index in [0.717, 1.165) is 13.0 Å². The number of carbonyl (C=O) groups excluding carboxylic acids is 1. The summed E-state index contributed by atoms with van der Waals surface area (Å²) < 4.78 is 9.62. The van der Waals surface area contributed by atoms with E-state index in [0.29, 0.717) is 18.7 Å². The highest BCUT2D eigenvalue weighted by molar-refractivity contribution is 5.59. The number of hydrogen-bond donors (Lipinski definition) is 0. The predicted octanol–water partition coefficient (Wildman–Crippen LogP) is 4.74. The zero-order valence-corrected chi connectivity index (χ0v) is 15.0. The molecule has 0 radical (unpaired) electrons. The molecule has 1 aromatic carbocycles. The molecule has 132 valence electrons. The zero-order valence-electron chi connectivity index (χ0n) is 15.0. The highest BCUT2D eigenvalue weighted by Gasteiger charge is 2.19. The fourth-order valence-corrected chi connectivity index (χ4v) is 2.56. The Bertz CT molecular complexity index is 513. The van der Waals surface area contributed by atoms with Crippen LogP contribution in [0.25, 0.3) is 0 Å². The van der Waals surface area contributed by atoms with Gasteiger partial charge in [-0.15, -0.1) is 6.58 Å². The van der Waals surface area contributed by atoms with Crippen LogP contribution in [0.3, 0.4) is 0 Å². The van der Waals surface area contributed by atoms with Crippen LogP contribution in [0.2, 0.25) is 0 Å². The van der Waals surface area contributed by atoms with Gasteiger partial charge in [-0.3, -0.25) is 4.90 Å². The molecule has 0 unspecified atom stereocenters. The van der Waals surface area contributed by atoms with Crippen molar-refractivity contribution in [1.29, 1.82) is 0 Å². The van der Waals surface area contributed by atoms with Gasteiger partial charge in [0.2, 0.25) is 0 Å². The summed E-state index contributed by atoms with van der Waals surface area (Å²) in [5.41, 5.74) is 1.29. The number of ether oxygens (including phenoxy) is 2. The van der Waals surface area contributed by atoms with Gasteiger partial charge in [0, 0.05) is 18.6 Å². The highest BCUT2D eigenvalue weighted by Crippen LogP contribution is 2.23. The normalized spacial score (nSPS) is 13.7. The second kappa shape index (κ2) is 11.5. The first-order valence-electron chi connectivity index (χ1n) is 8.46. The number of rotatable bonds is 10. The molecule has 4 nitrogen and oxygen atoms in total. The van der Waals surface area contributed by atoms with E-state index < -0.39 is 6.16 Å². The molecule has 0 saturated heterocycles. The fraction of sp³-hybridized carbons (Fsp3) is 0.450. The monoisotopic (exact) mass is 331 g/mol. The van der Waals surface area contributed by atoms with Crippen molar-refractivity contribution in [2.45, 2.75) is 39.3 Å². The molecule has 1 aromatic rings. The van der Waals surface area contributed by atoms with Crippen molar-refractivity contribution in [2.24, 2.45) is 0 Å². The molecular weight excluding hydrogens is 302 g/mol. The second-order valence-corrected chi connectivity index (χ2v) is 5.62. The maximum Gasteiger partial charge on any atom is 0.508 e. The molecule has 0 fully saturated rings. The molecule has 4 heteroatoms. The van der Waals surface area contributed by atoms with Crippen molar-refractivity contribution in [1.82, 2.24) is 4.90 Å². The van der Waals surface area contributed by atoms with E-state index in [1.54, 1.807) is 6.92 Å². The summed E-state index contributed by atoms with van der Waals surface area (Å²) in [6.45, 7) is 11.4. The fourth-order valence-electron chi connectivity index (χ4n) is 2.56. The van der Waals surface area contributed by atoms with Crippen molar-refractivity contribution in [3.63, 3.8) is 0 Å². The molecule has 0 amide bonds. The van der Waals surface area contributed by atoms with Crippen LogP contribution < -0.4 is 0 Å². The Morgan fingerprint density at radius 1 is 1.21 bits per heavy atom. The molecule has 0 bridgehead atoms. The van der Waals surface area contributed by atoms with Crippen molar-refractivity contribution >= 4 is 6.16 Å². The topological polar surface area (TPSA) is 38.8 Å². The average Bonchev–Trinajstić information content (AvgIpc) is 2.59. The van der Waals surface area contributed by atoms with E-state index in [2.05, 4.69) is 49.6 Å². The quantitative estimate of drug-likeness (QED) is 0.458. The van der Waals surface area contributed by atoms with Gasteiger partial charge in [0.05, 0.1) is 6.61 Å². The van der Waals surface area contributed by atoms with Crippen LogP contribution in [0.1, 0.15) is 38.8 Å². The molecule has 24 heavy (non-hydrogen) atoms. The molecule has 2 atom stereocenters. The van der Waals surface area contributed by atoms with Gasteiger partial charge in [-0.1, -0.05) is 48.6 Å². The molecular formula is C20H29NO3. The number of carbonyl (C=O) groups is 1. The minimum absolute atomic E-state index is 0.237. The standard InChI is InChI=1S/C20H29NO3/c1-5-15-21(18(4)19-13-8-7-9-14-19)17(3)12-10-11-16-24-20(22)23-6-2/h5,7-11,13-14,17-18H,1,6,12,15-16H2,2-4H3/b11-10+/t17-,18-/m1/s1. The molecule has 0 aliphatic carbocycles. The molecule has 0 aliphatic rings. The predicted molar refractivity (Wildman–Crippen MR) is 98.0 cm³/mol. The minimum atomic E-state index is -0.624. The van der Waals surface area contributed by atoms with Crippen molar-refractivity contribution < 1.29 is 14.3 Å². The Kier molecular flexibility index (Phi) is 9.54. The lowest BCUT2D eigenvalue weighted by Crippen LogP contribution is -2.35. The van der Waals surface area contributed by atoms with Gasteiger partial charge >= 0.3 is 6.16 Å². The Labute approximate surface area is 145 Å². The summed E-state index contributed by atoms with van der Waals surface area (Å²) in [6, 6.07) is 11.1. The van der Waals surface area contributed by atoms with Gasteiger partial charge in [-0.05, 0) is 32.8 Å². The first kappa shape index (κ1) is 20.0. The molecule has 0 aromatic heterocycles. The molecule has 0 saturated carbocycles. The summed E-state index contributed by atoms with van der Waals surface area (Å²) in [5, 5.41) is 0. The van der Waals surface area contributed by atoms with Crippen molar-refractivity contribution in [2.75, 3.05) is 19.8 Å². The highest BCUT2D eigenvalue weighted by atomic mass is 16.7. The summed E-state index contributed by atoms with van der Waals surface area (Å²) in [7, 11) is 0. The Morgan fingerprint density at radius 2 is 1.92 bits per heavy atom. The van der Waals surface area contributed by atoms with E-state index in [1.165, 1.54) is 5.56 Å². The van der Waals surface area contributed by atoms with Gasteiger partial charge in [-0.25, -0.2) is 4.79 Å². The maximum atomic E-state index is 11.1. The summed E-state index contributed by atoms with van der Waals surface area (Å²) in [4.78, 5) is 13.5. The third-order valence-electron chi connectivity index (χ3n) is 3.89. The zero-order chi connectivity index (χ0) is 17.8. The Morgan fingerprint density at radius 3 is 2.54 bits per heavy atom. The van der Waals surface area contributed by atoms with Crippen LogP contribution in [-0.4, -0.2) is 36.9 Å². The Hall–Kier alpha value is -2.07. The van der Waals surface area contributed by atoms with Crippen LogP contribution in [0.4, 0.5) is 4.79 Å². The lowest BCUT2D eigenvalue weighted by Gasteiger charge is -2.33. The van der Waals surface area contributed by atoms with Crippen LogP contribution in [0.5, 0.6) is 0 Å². The van der Waals surface area contributed by atoms with Crippen LogP contribution in [-0.2, 0) is 9.47 Å². The maximum absolute atomic E-state index is 11.1. The van der Waals surface area contributed by atoms with Gasteiger partial charge in [0.15, 0.2) is 0 Å². The lowest BCUT2D eigenvalue weighted by molar-refractivity contribution is 0.0672. The first-order valence-corrected chi connectivity index (χ1v) is 8.46. The van der Waals surface area contributed by atoms with Crippen molar-refractivity contribution in [3.05, 3.63) is 60.7 Å². The van der Waals surface area contributed by atoms with Gasteiger partial charge in [0.1, 0.15) is 6.61 Å². The van der Waals surface area contributed by atoms with Crippen LogP contribution >= 0.6 is 0 Å². The van der Waals surface area contributed by atoms with Crippen LogP contribution in [0.15, 0.2) is 55.1 Å². The lowest BCUT2D eigenvalue weighted by atomic mass is 10.0. The summed E-state index contributed by atoms with van der Waals surface area (Å²) in [5.74, 6) is 0. The summed E-state index contributed by atoms with van der Waals surface area (Å²) in [6.07, 6.45) is 6.08. The third kappa shape index (κ3) is 7.01. The van der Waals surface area contributed by atoms with Gasteiger partial charge in [0.25, 0.3) is 0 Å². The molecule has 1 rings (SSSR count). The largest absolute Gasteiger partial charge is 0.508 e. The molecule has 0 heterocycles. The first-order chi connectivity index (χ1) is 11.6. The second-order valence-electron chi connectivity index (χ2n) is 5.62. The van der Waals surface area contributed by atoms with Gasteiger partial charge < -0.3 is 9.47 Å². The van der Waals surface area contributed by atoms with Crippen LogP contribution in [0, 0.1) is 0 Å². The SMILES string of the molecule is C=CCN([C@H](C)C/C=C/COC(=O)OCC)[C@H](C)c1ccccc1. The molecule has 0 N–H and O–H groups in total. The molecule has 0 aliphatic heterocycles. The van der Waals surface area contributed by atoms with Gasteiger partial charge in [-0.2, -0.15) is 0 Å². The average molecular weight is 331 g/mol. The summed E-state index contributed by atoms with van der Waals surface area (Å²) >= 11 is 0. The van der Waals surface area contributed by atoms with E-state index in [1.807, 2.05) is 24.3 Å². The number of nitrogens with zero attached hydrogens (tertiary/aromatic N) is 1. The number of hydrogen-bond acceptors (Lipinski definition) is 4. The Balaban J connectivity index is 2.53. The van der Waals surface area contributed by atoms with E-state index in [4.69, 9.17) is 9.47 Å². The van der Waals surface area contributed by atoms with Crippen molar-refractivity contribution in [3.8, 4) is 0 Å². The van der Waals surface area contributed by atoms with E-state index >= 15 is 0 Å². The molecule has 0 spiro atoms. The smallest absolute Gasteiger partial charge is 0.435 e. The number of benzene rings is 1. The minimum Gasteiger partial charge on any atom is -0.435 e. The van der Waals surface area contributed by atoms with E-state index in [9.17, 15) is 4.79 Å².